The van der Waals surface area contributed by atoms with Crippen molar-refractivity contribution < 1.29 is 14.0 Å². The number of nitrogens with zero attached hydrogens (tertiary/aromatic N) is 1. The maximum atomic E-state index is 14.2. The van der Waals surface area contributed by atoms with Gasteiger partial charge in [-0.1, -0.05) is 42.0 Å². The first kappa shape index (κ1) is 19.2. The summed E-state index contributed by atoms with van der Waals surface area (Å²) in [5.74, 6) is -0.432. The van der Waals surface area contributed by atoms with Crippen molar-refractivity contribution in [1.29, 1.82) is 0 Å². The highest BCUT2D eigenvalue weighted by Gasteiger charge is 2.35. The van der Waals surface area contributed by atoms with Crippen molar-refractivity contribution in [3.63, 3.8) is 0 Å². The third kappa shape index (κ3) is 4.03. The molecule has 1 aliphatic rings. The van der Waals surface area contributed by atoms with Crippen LogP contribution in [0.3, 0.4) is 0 Å². The molecule has 0 aliphatic carbocycles. The summed E-state index contributed by atoms with van der Waals surface area (Å²) in [5, 5.41) is 2.57. The first-order chi connectivity index (χ1) is 14.0. The predicted octanol–water partition coefficient (Wildman–Crippen LogP) is 5.17. The van der Waals surface area contributed by atoms with Gasteiger partial charge in [-0.25, -0.2) is 4.39 Å². The molecule has 4 nitrogen and oxygen atoms in total. The molecule has 1 fully saturated rings. The monoisotopic (exact) mass is 406 g/mol. The van der Waals surface area contributed by atoms with Gasteiger partial charge < -0.3 is 5.32 Å². The van der Waals surface area contributed by atoms with Crippen molar-refractivity contribution in [1.82, 2.24) is 0 Å². The SMILES string of the molecule is Cc1ccc(C(=O)Nc2ccc(C3SCC(=O)N3c3ccccc3F)cc2)cc1. The summed E-state index contributed by atoms with van der Waals surface area (Å²) in [6.07, 6.45) is 0. The average molecular weight is 406 g/mol. The van der Waals surface area contributed by atoms with Crippen LogP contribution in [0.4, 0.5) is 15.8 Å². The van der Waals surface area contributed by atoms with E-state index in [9.17, 15) is 14.0 Å². The Morgan fingerprint density at radius 2 is 1.72 bits per heavy atom. The lowest BCUT2D eigenvalue weighted by molar-refractivity contribution is -0.115. The van der Waals surface area contributed by atoms with Crippen LogP contribution in [0.1, 0.15) is 26.9 Å². The first-order valence-electron chi connectivity index (χ1n) is 9.19. The highest BCUT2D eigenvalue weighted by Crippen LogP contribution is 2.42. The topological polar surface area (TPSA) is 49.4 Å². The fourth-order valence-electron chi connectivity index (χ4n) is 3.22. The minimum atomic E-state index is -0.421. The number of para-hydroxylation sites is 1. The molecule has 29 heavy (non-hydrogen) atoms. The molecule has 0 saturated carbocycles. The molecule has 1 atom stereocenters. The maximum Gasteiger partial charge on any atom is 0.255 e. The number of carbonyl (C=O) groups excluding carboxylic acids is 2. The van der Waals surface area contributed by atoms with Crippen molar-refractivity contribution in [3.8, 4) is 0 Å². The predicted molar refractivity (Wildman–Crippen MR) is 115 cm³/mol. The number of carbonyl (C=O) groups is 2. The number of benzene rings is 3. The minimum absolute atomic E-state index is 0.123. The molecule has 2 amide bonds. The fraction of sp³-hybridized carbons (Fsp3) is 0.130. The Morgan fingerprint density at radius 1 is 1.03 bits per heavy atom. The Morgan fingerprint density at radius 3 is 2.41 bits per heavy atom. The Bertz CT molecular complexity index is 1050. The summed E-state index contributed by atoms with van der Waals surface area (Å²) in [4.78, 5) is 26.3. The smallest absolute Gasteiger partial charge is 0.255 e. The number of rotatable bonds is 4. The largest absolute Gasteiger partial charge is 0.322 e. The molecule has 1 aliphatic heterocycles. The summed E-state index contributed by atoms with van der Waals surface area (Å²) in [5.41, 5.74) is 3.49. The summed E-state index contributed by atoms with van der Waals surface area (Å²) in [6, 6.07) is 20.9. The zero-order chi connectivity index (χ0) is 20.4. The Balaban J connectivity index is 1.52. The van der Waals surface area contributed by atoms with Crippen LogP contribution < -0.4 is 10.2 Å². The number of amides is 2. The molecule has 0 bridgehead atoms. The molecule has 1 unspecified atom stereocenters. The minimum Gasteiger partial charge on any atom is -0.322 e. The van der Waals surface area contributed by atoms with Crippen LogP contribution in [-0.4, -0.2) is 17.6 Å². The number of hydrogen-bond acceptors (Lipinski definition) is 3. The highest BCUT2D eigenvalue weighted by atomic mass is 32.2. The van der Waals surface area contributed by atoms with Gasteiger partial charge in [0.25, 0.3) is 5.91 Å². The Kier molecular flexibility index (Phi) is 5.36. The molecule has 3 aromatic rings. The highest BCUT2D eigenvalue weighted by molar-refractivity contribution is 8.00. The zero-order valence-corrected chi connectivity index (χ0v) is 16.6. The van der Waals surface area contributed by atoms with E-state index in [1.54, 1.807) is 42.5 Å². The Labute approximate surface area is 172 Å². The van der Waals surface area contributed by atoms with Crippen molar-refractivity contribution in [2.45, 2.75) is 12.3 Å². The van der Waals surface area contributed by atoms with Gasteiger partial charge in [0.1, 0.15) is 11.2 Å². The lowest BCUT2D eigenvalue weighted by atomic mass is 10.1. The van der Waals surface area contributed by atoms with E-state index >= 15 is 0 Å². The Hall–Kier alpha value is -3.12. The number of nitrogens with one attached hydrogen (secondary N) is 1. The molecule has 0 spiro atoms. The molecule has 0 radical (unpaired) electrons. The number of aryl methyl sites for hydroxylation is 1. The van der Waals surface area contributed by atoms with Crippen molar-refractivity contribution >= 4 is 35.0 Å². The van der Waals surface area contributed by atoms with Gasteiger partial charge >= 0.3 is 0 Å². The quantitative estimate of drug-likeness (QED) is 0.651. The van der Waals surface area contributed by atoms with E-state index in [-0.39, 0.29) is 22.9 Å². The van der Waals surface area contributed by atoms with Crippen LogP contribution in [0, 0.1) is 12.7 Å². The first-order valence-corrected chi connectivity index (χ1v) is 10.2. The van der Waals surface area contributed by atoms with Crippen LogP contribution in [0.15, 0.2) is 72.8 Å². The average Bonchev–Trinajstić information content (AvgIpc) is 3.10. The lowest BCUT2D eigenvalue weighted by Gasteiger charge is -2.24. The maximum absolute atomic E-state index is 14.2. The molecule has 3 aromatic carbocycles. The van der Waals surface area contributed by atoms with E-state index in [1.165, 1.54) is 22.7 Å². The number of hydrogen-bond donors (Lipinski definition) is 1. The van der Waals surface area contributed by atoms with E-state index in [0.717, 1.165) is 11.1 Å². The molecule has 1 heterocycles. The molecule has 1 N–H and O–H groups in total. The van der Waals surface area contributed by atoms with Crippen LogP contribution in [0.5, 0.6) is 0 Å². The number of thioether (sulfide) groups is 1. The molecule has 1 saturated heterocycles. The van der Waals surface area contributed by atoms with E-state index < -0.39 is 5.82 Å². The van der Waals surface area contributed by atoms with Gasteiger partial charge in [-0.15, -0.1) is 11.8 Å². The van der Waals surface area contributed by atoms with E-state index in [1.807, 2.05) is 31.2 Å². The van der Waals surface area contributed by atoms with Gasteiger partial charge in [-0.05, 0) is 48.9 Å². The molecule has 6 heteroatoms. The lowest BCUT2D eigenvalue weighted by Crippen LogP contribution is -2.28. The second kappa shape index (κ2) is 8.09. The van der Waals surface area contributed by atoms with Crippen molar-refractivity contribution in [2.24, 2.45) is 0 Å². The number of anilines is 2. The van der Waals surface area contributed by atoms with E-state index in [0.29, 0.717) is 17.0 Å². The summed E-state index contributed by atoms with van der Waals surface area (Å²) in [7, 11) is 0. The van der Waals surface area contributed by atoms with Crippen molar-refractivity contribution in [3.05, 3.63) is 95.3 Å². The van der Waals surface area contributed by atoms with E-state index in [2.05, 4.69) is 5.32 Å². The fourth-order valence-corrected chi connectivity index (χ4v) is 4.39. The number of halogens is 1. The third-order valence-electron chi connectivity index (χ3n) is 4.75. The van der Waals surface area contributed by atoms with Crippen LogP contribution in [0.2, 0.25) is 0 Å². The second-order valence-corrected chi connectivity index (χ2v) is 7.89. The van der Waals surface area contributed by atoms with E-state index in [4.69, 9.17) is 0 Å². The summed E-state index contributed by atoms with van der Waals surface area (Å²) < 4.78 is 14.2. The van der Waals surface area contributed by atoms with Gasteiger partial charge in [-0.3, -0.25) is 14.5 Å². The molecule has 0 aromatic heterocycles. The summed E-state index contributed by atoms with van der Waals surface area (Å²) >= 11 is 1.46. The molecular weight excluding hydrogens is 387 g/mol. The third-order valence-corrected chi connectivity index (χ3v) is 5.96. The van der Waals surface area contributed by atoms with Crippen molar-refractivity contribution in [2.75, 3.05) is 16.0 Å². The van der Waals surface area contributed by atoms with Gasteiger partial charge in [0.05, 0.1) is 11.4 Å². The summed E-state index contributed by atoms with van der Waals surface area (Å²) in [6.45, 7) is 1.97. The van der Waals surface area contributed by atoms with Crippen LogP contribution >= 0.6 is 11.8 Å². The molecule has 4 rings (SSSR count). The molecule has 146 valence electrons. The zero-order valence-electron chi connectivity index (χ0n) is 15.8. The van der Waals surface area contributed by atoms with Gasteiger partial charge in [0.15, 0.2) is 0 Å². The van der Waals surface area contributed by atoms with Crippen LogP contribution in [0.25, 0.3) is 0 Å². The van der Waals surface area contributed by atoms with Gasteiger partial charge in [0.2, 0.25) is 5.91 Å². The van der Waals surface area contributed by atoms with Crippen LogP contribution in [-0.2, 0) is 4.79 Å². The standard InChI is InChI=1S/C23H19FN2O2S/c1-15-6-8-16(9-7-15)22(28)25-18-12-10-17(11-13-18)23-26(21(27)14-29-23)20-5-3-2-4-19(20)24/h2-13,23H,14H2,1H3,(H,25,28). The second-order valence-electron chi connectivity index (χ2n) is 6.82. The van der Waals surface area contributed by atoms with Gasteiger partial charge in [0, 0.05) is 11.3 Å². The van der Waals surface area contributed by atoms with Gasteiger partial charge in [-0.2, -0.15) is 0 Å². The normalized spacial score (nSPS) is 16.1. The molecular formula is C23H19FN2O2S.